The lowest BCUT2D eigenvalue weighted by Crippen LogP contribution is -2.23. The first-order chi connectivity index (χ1) is 10.9. The van der Waals surface area contributed by atoms with Crippen molar-refractivity contribution in [3.05, 3.63) is 22.8 Å². The van der Waals surface area contributed by atoms with Gasteiger partial charge in [-0.25, -0.2) is 4.79 Å². The van der Waals surface area contributed by atoms with Gasteiger partial charge in [0.2, 0.25) is 0 Å². The highest BCUT2D eigenvalue weighted by molar-refractivity contribution is 5.94. The van der Waals surface area contributed by atoms with E-state index in [4.69, 9.17) is 9.84 Å². The lowest BCUT2D eigenvalue weighted by Gasteiger charge is -2.26. The van der Waals surface area contributed by atoms with Crippen LogP contribution in [0.2, 0.25) is 0 Å². The van der Waals surface area contributed by atoms with Crippen LogP contribution in [0, 0.1) is 0 Å². The second-order valence-electron chi connectivity index (χ2n) is 6.19. The van der Waals surface area contributed by atoms with Crippen LogP contribution in [0.3, 0.4) is 0 Å². The molecule has 1 aliphatic heterocycles. The Bertz CT molecular complexity index is 567. The summed E-state index contributed by atoms with van der Waals surface area (Å²) in [4.78, 5) is 11.1. The minimum Gasteiger partial charge on any atom is -0.507 e. The topological polar surface area (TPSA) is 107 Å². The van der Waals surface area contributed by atoms with Gasteiger partial charge in [-0.1, -0.05) is 19.3 Å². The number of ether oxygens (including phenoxy) is 1. The number of carboxylic acids is 1. The Kier molecular flexibility index (Phi) is 5.85. The summed E-state index contributed by atoms with van der Waals surface area (Å²) in [5.41, 5.74) is 0.722. The molecule has 0 spiro atoms. The van der Waals surface area contributed by atoms with Gasteiger partial charge in [0.1, 0.15) is 17.1 Å². The molecule has 6 nitrogen and oxygen atoms in total. The highest BCUT2D eigenvalue weighted by atomic mass is 16.5. The van der Waals surface area contributed by atoms with Crippen molar-refractivity contribution in [3.63, 3.8) is 0 Å². The molecule has 0 saturated heterocycles. The maximum absolute atomic E-state index is 11.1. The average molecular weight is 324 g/mol. The van der Waals surface area contributed by atoms with Gasteiger partial charge in [0.05, 0.1) is 18.8 Å². The molecule has 0 aliphatic carbocycles. The number of hydrogen-bond donors (Lipinski definition) is 4. The zero-order valence-electron chi connectivity index (χ0n) is 13.3. The molecule has 0 bridgehead atoms. The van der Waals surface area contributed by atoms with Crippen LogP contribution in [0.5, 0.6) is 11.5 Å². The first kappa shape index (κ1) is 17.6. The number of hydrogen-bond acceptors (Lipinski definition) is 5. The van der Waals surface area contributed by atoms with Gasteiger partial charge in [-0.15, -0.1) is 0 Å². The Morgan fingerprint density at radius 2 is 2.09 bits per heavy atom. The highest BCUT2D eigenvalue weighted by Gasteiger charge is 2.27. The van der Waals surface area contributed by atoms with E-state index in [2.05, 4.69) is 0 Å². The van der Waals surface area contributed by atoms with E-state index in [1.54, 1.807) is 6.92 Å². The van der Waals surface area contributed by atoms with Gasteiger partial charge in [0.15, 0.2) is 0 Å². The molecule has 1 heterocycles. The predicted octanol–water partition coefficient (Wildman–Crippen LogP) is 2.57. The summed E-state index contributed by atoms with van der Waals surface area (Å²) in [6.45, 7) is 1.94. The van der Waals surface area contributed by atoms with Crippen LogP contribution < -0.4 is 0 Å². The van der Waals surface area contributed by atoms with Crippen molar-refractivity contribution in [1.82, 2.24) is 0 Å². The monoisotopic (exact) mass is 324 g/mol. The van der Waals surface area contributed by atoms with E-state index < -0.39 is 23.0 Å². The number of carbonyl (C=O) groups is 1. The number of aromatic carboxylic acids is 1. The van der Waals surface area contributed by atoms with Crippen LogP contribution in [-0.4, -0.2) is 38.6 Å². The van der Waals surface area contributed by atoms with Crippen LogP contribution in [0.4, 0.5) is 0 Å². The Morgan fingerprint density at radius 1 is 1.35 bits per heavy atom. The molecule has 1 aromatic carbocycles. The fourth-order valence-corrected chi connectivity index (χ4v) is 2.98. The minimum atomic E-state index is -1.36. The van der Waals surface area contributed by atoms with Gasteiger partial charge < -0.3 is 25.2 Å². The summed E-state index contributed by atoms with van der Waals surface area (Å²) < 4.78 is 5.70. The molecule has 2 unspecified atom stereocenters. The van der Waals surface area contributed by atoms with Gasteiger partial charge in [0, 0.05) is 5.56 Å². The molecule has 4 N–H and O–H groups in total. The molecule has 0 fully saturated rings. The highest BCUT2D eigenvalue weighted by Crippen LogP contribution is 2.37. The van der Waals surface area contributed by atoms with E-state index in [1.165, 1.54) is 6.07 Å². The first-order valence-corrected chi connectivity index (χ1v) is 7.99. The number of unbranched alkanes of at least 4 members (excludes halogenated alkanes) is 2. The Hall–Kier alpha value is -1.79. The molecular formula is C17H24O6. The Morgan fingerprint density at radius 3 is 2.74 bits per heavy atom. The van der Waals surface area contributed by atoms with Gasteiger partial charge >= 0.3 is 5.97 Å². The predicted molar refractivity (Wildman–Crippen MR) is 83.8 cm³/mol. The summed E-state index contributed by atoms with van der Waals surface area (Å²) in [5, 5.41) is 38.1. The van der Waals surface area contributed by atoms with Crippen LogP contribution in [0.15, 0.2) is 6.07 Å². The van der Waals surface area contributed by atoms with Crippen molar-refractivity contribution >= 4 is 5.97 Å². The quantitative estimate of drug-likeness (QED) is 0.574. The molecular weight excluding hydrogens is 300 g/mol. The van der Waals surface area contributed by atoms with Crippen LogP contribution in [-0.2, 0) is 17.8 Å². The van der Waals surface area contributed by atoms with Crippen molar-refractivity contribution in [2.75, 3.05) is 0 Å². The summed E-state index contributed by atoms with van der Waals surface area (Å²) in [7, 11) is 0. The number of aliphatic hydroxyl groups excluding tert-OH is 1. The summed E-state index contributed by atoms with van der Waals surface area (Å²) in [5.74, 6) is -2.17. The molecule has 0 saturated carbocycles. The van der Waals surface area contributed by atoms with E-state index in [0.29, 0.717) is 12.0 Å². The summed E-state index contributed by atoms with van der Waals surface area (Å²) >= 11 is 0. The standard InChI is InChI=1S/C17H24O6/c1-10(18)5-3-2-4-6-12-7-11-8-14(19)15(17(21)22)16(20)13(11)9-23-12/h8,10,12,18-20H,2-7,9H2,1H3,(H,21,22). The molecule has 1 aliphatic rings. The molecule has 6 heteroatoms. The van der Waals surface area contributed by atoms with E-state index >= 15 is 0 Å². The SMILES string of the molecule is CC(O)CCCCCC1Cc2cc(O)c(C(=O)O)c(O)c2CO1. The largest absolute Gasteiger partial charge is 0.507 e. The first-order valence-electron chi connectivity index (χ1n) is 7.99. The van der Waals surface area contributed by atoms with E-state index in [-0.39, 0.29) is 18.8 Å². The summed E-state index contributed by atoms with van der Waals surface area (Å²) in [6.07, 6.45) is 4.93. The molecule has 2 atom stereocenters. The number of fused-ring (bicyclic) bond motifs is 1. The molecule has 0 radical (unpaired) electrons. The van der Waals surface area contributed by atoms with Crippen molar-refractivity contribution in [1.29, 1.82) is 0 Å². The van der Waals surface area contributed by atoms with Crippen molar-refractivity contribution in [3.8, 4) is 11.5 Å². The third kappa shape index (κ3) is 4.36. The maximum Gasteiger partial charge on any atom is 0.343 e. The van der Waals surface area contributed by atoms with Crippen LogP contribution in [0.25, 0.3) is 0 Å². The number of aromatic hydroxyl groups is 2. The number of aliphatic hydroxyl groups is 1. The van der Waals surface area contributed by atoms with Gasteiger partial charge in [-0.05, 0) is 37.8 Å². The fraction of sp³-hybridized carbons (Fsp3) is 0.588. The van der Waals surface area contributed by atoms with Crippen molar-refractivity contribution in [2.24, 2.45) is 0 Å². The number of carboxylic acid groups (broad SMARTS) is 1. The third-order valence-electron chi connectivity index (χ3n) is 4.25. The van der Waals surface area contributed by atoms with Crippen molar-refractivity contribution in [2.45, 2.75) is 64.3 Å². The molecule has 23 heavy (non-hydrogen) atoms. The smallest absolute Gasteiger partial charge is 0.343 e. The third-order valence-corrected chi connectivity index (χ3v) is 4.25. The number of benzene rings is 1. The normalized spacial score (nSPS) is 18.4. The van der Waals surface area contributed by atoms with Crippen LogP contribution >= 0.6 is 0 Å². The van der Waals surface area contributed by atoms with Crippen LogP contribution in [0.1, 0.15) is 60.5 Å². The van der Waals surface area contributed by atoms with Gasteiger partial charge in [0.25, 0.3) is 0 Å². The second-order valence-corrected chi connectivity index (χ2v) is 6.19. The summed E-state index contributed by atoms with van der Waals surface area (Å²) in [6, 6.07) is 1.42. The zero-order valence-corrected chi connectivity index (χ0v) is 13.3. The average Bonchev–Trinajstić information content (AvgIpc) is 2.45. The molecule has 2 rings (SSSR count). The lowest BCUT2D eigenvalue weighted by atomic mass is 9.93. The van der Waals surface area contributed by atoms with Crippen molar-refractivity contribution < 1.29 is 30.0 Å². The Labute approximate surface area is 135 Å². The maximum atomic E-state index is 11.1. The zero-order chi connectivity index (χ0) is 17.0. The van der Waals surface area contributed by atoms with Gasteiger partial charge in [-0.3, -0.25) is 0 Å². The lowest BCUT2D eigenvalue weighted by molar-refractivity contribution is 0.0201. The molecule has 0 amide bonds. The van der Waals surface area contributed by atoms with E-state index in [1.807, 2.05) is 0 Å². The second kappa shape index (κ2) is 7.66. The van der Waals surface area contributed by atoms with E-state index in [0.717, 1.165) is 37.7 Å². The van der Waals surface area contributed by atoms with Gasteiger partial charge in [-0.2, -0.15) is 0 Å². The molecule has 1 aromatic rings. The number of phenols is 2. The minimum absolute atomic E-state index is 0.00327. The fourth-order valence-electron chi connectivity index (χ4n) is 2.98. The molecule has 0 aromatic heterocycles. The Balaban J connectivity index is 1.95. The van der Waals surface area contributed by atoms with E-state index in [9.17, 15) is 20.1 Å². The number of rotatable bonds is 7. The molecule has 128 valence electrons.